The quantitative estimate of drug-likeness (QED) is 0.886. The molecule has 0 radical (unpaired) electrons. The van der Waals surface area contributed by atoms with Crippen LogP contribution >= 0.6 is 0 Å². The topological polar surface area (TPSA) is 81.1 Å². The van der Waals surface area contributed by atoms with Gasteiger partial charge in [0, 0.05) is 12.6 Å². The molecule has 4 aliphatic rings. The number of nitrogens with two attached hydrogens (primary N) is 1. The monoisotopic (exact) mass is 275 g/mol. The van der Waals surface area contributed by atoms with E-state index in [1.807, 2.05) is 0 Å². The summed E-state index contributed by atoms with van der Waals surface area (Å²) < 4.78 is 1.72. The number of carboxylic acid groups (broad SMARTS) is 1. The summed E-state index contributed by atoms with van der Waals surface area (Å²) in [7, 11) is 0. The number of rotatable bonds is 3. The number of nitrogens with zero attached hydrogens (tertiary/aromatic N) is 2. The van der Waals surface area contributed by atoms with E-state index >= 15 is 0 Å². The molecule has 4 fully saturated rings. The highest BCUT2D eigenvalue weighted by molar-refractivity contribution is 5.86. The van der Waals surface area contributed by atoms with Crippen LogP contribution in [0.5, 0.6) is 0 Å². The first-order chi connectivity index (χ1) is 9.60. The summed E-state index contributed by atoms with van der Waals surface area (Å²) in [5.74, 6) is 3.66. The van der Waals surface area contributed by atoms with Crippen LogP contribution in [-0.2, 0) is 6.54 Å². The molecule has 108 valence electrons. The summed E-state index contributed by atoms with van der Waals surface area (Å²) in [6, 6.07) is 1.47. The lowest BCUT2D eigenvalue weighted by Gasteiger charge is -2.54. The third-order valence-corrected chi connectivity index (χ3v) is 5.84. The van der Waals surface area contributed by atoms with Gasteiger partial charge in [0.25, 0.3) is 0 Å². The molecule has 3 N–H and O–H groups in total. The Labute approximate surface area is 118 Å². The molecule has 1 aromatic heterocycles. The van der Waals surface area contributed by atoms with Gasteiger partial charge in [-0.3, -0.25) is 0 Å². The molecular formula is C15H21N3O2. The normalized spacial score (nSPS) is 38.3. The van der Waals surface area contributed by atoms with E-state index in [0.717, 1.165) is 30.2 Å². The molecule has 5 rings (SSSR count). The van der Waals surface area contributed by atoms with Gasteiger partial charge in [0.15, 0.2) is 5.69 Å². The largest absolute Gasteiger partial charge is 0.476 e. The third-order valence-electron chi connectivity index (χ3n) is 5.84. The van der Waals surface area contributed by atoms with E-state index in [1.54, 1.807) is 4.68 Å². The first-order valence-corrected chi connectivity index (χ1v) is 7.66. The minimum Gasteiger partial charge on any atom is -0.476 e. The fraction of sp³-hybridized carbons (Fsp3) is 0.733. The van der Waals surface area contributed by atoms with Crippen LogP contribution < -0.4 is 5.73 Å². The van der Waals surface area contributed by atoms with Gasteiger partial charge in [-0.2, -0.15) is 5.10 Å². The number of carbonyl (C=O) groups is 1. The second-order valence-corrected chi connectivity index (χ2v) is 7.04. The highest BCUT2D eigenvalue weighted by atomic mass is 16.4. The first kappa shape index (κ1) is 12.2. The average molecular weight is 275 g/mol. The lowest BCUT2D eigenvalue weighted by atomic mass is 9.52. The predicted octanol–water partition coefficient (Wildman–Crippen LogP) is 2.24. The van der Waals surface area contributed by atoms with Crippen molar-refractivity contribution in [2.75, 3.05) is 5.73 Å². The minimum atomic E-state index is -1.000. The van der Waals surface area contributed by atoms with Gasteiger partial charge in [-0.15, -0.1) is 0 Å². The smallest absolute Gasteiger partial charge is 0.356 e. The van der Waals surface area contributed by atoms with E-state index in [2.05, 4.69) is 5.10 Å². The van der Waals surface area contributed by atoms with E-state index in [-0.39, 0.29) is 5.69 Å². The molecule has 5 nitrogen and oxygen atoms in total. The van der Waals surface area contributed by atoms with Gasteiger partial charge in [0.05, 0.1) is 0 Å². The van der Waals surface area contributed by atoms with Gasteiger partial charge in [0.1, 0.15) is 5.82 Å². The van der Waals surface area contributed by atoms with Crippen molar-refractivity contribution >= 4 is 11.8 Å². The Morgan fingerprint density at radius 2 is 1.85 bits per heavy atom. The number of nitrogen functional groups attached to an aromatic ring is 1. The average Bonchev–Trinajstić information content (AvgIpc) is 2.74. The summed E-state index contributed by atoms with van der Waals surface area (Å²) in [4.78, 5) is 11.0. The van der Waals surface area contributed by atoms with Crippen molar-refractivity contribution < 1.29 is 9.90 Å². The molecule has 4 saturated carbocycles. The van der Waals surface area contributed by atoms with Gasteiger partial charge < -0.3 is 10.8 Å². The van der Waals surface area contributed by atoms with E-state index in [1.165, 1.54) is 38.2 Å². The molecule has 4 aliphatic carbocycles. The lowest BCUT2D eigenvalue weighted by molar-refractivity contribution is -0.0440. The number of aromatic nitrogens is 2. The van der Waals surface area contributed by atoms with Crippen LogP contribution in [0.1, 0.15) is 42.6 Å². The van der Waals surface area contributed by atoms with E-state index in [9.17, 15) is 4.79 Å². The number of hydrogen-bond acceptors (Lipinski definition) is 3. The molecule has 0 amide bonds. The summed E-state index contributed by atoms with van der Waals surface area (Å²) in [6.07, 6.45) is 6.91. The fourth-order valence-electron chi connectivity index (χ4n) is 5.22. The molecule has 0 spiro atoms. The van der Waals surface area contributed by atoms with Crippen molar-refractivity contribution in [1.82, 2.24) is 9.78 Å². The molecule has 4 bridgehead atoms. The molecule has 1 aromatic rings. The molecule has 0 saturated heterocycles. The number of aromatic carboxylic acids is 1. The maximum absolute atomic E-state index is 11.0. The Balaban J connectivity index is 1.56. The molecule has 0 unspecified atom stereocenters. The third kappa shape index (κ3) is 1.83. The van der Waals surface area contributed by atoms with E-state index in [0.29, 0.717) is 11.7 Å². The predicted molar refractivity (Wildman–Crippen MR) is 74.1 cm³/mol. The molecule has 1 heterocycles. The first-order valence-electron chi connectivity index (χ1n) is 7.66. The van der Waals surface area contributed by atoms with Crippen molar-refractivity contribution in [3.05, 3.63) is 11.8 Å². The fourth-order valence-corrected chi connectivity index (χ4v) is 5.22. The van der Waals surface area contributed by atoms with Gasteiger partial charge in [-0.05, 0) is 61.7 Å². The Hall–Kier alpha value is -1.52. The van der Waals surface area contributed by atoms with Crippen LogP contribution in [-0.4, -0.2) is 20.9 Å². The molecule has 0 aliphatic heterocycles. The van der Waals surface area contributed by atoms with Crippen molar-refractivity contribution in [3.63, 3.8) is 0 Å². The van der Waals surface area contributed by atoms with Crippen LogP contribution in [0.15, 0.2) is 6.07 Å². The Morgan fingerprint density at radius 1 is 1.25 bits per heavy atom. The van der Waals surface area contributed by atoms with Crippen LogP contribution in [0.2, 0.25) is 0 Å². The van der Waals surface area contributed by atoms with Crippen molar-refractivity contribution in [2.24, 2.45) is 29.6 Å². The van der Waals surface area contributed by atoms with Crippen LogP contribution in [0.3, 0.4) is 0 Å². The zero-order chi connectivity index (χ0) is 13.9. The van der Waals surface area contributed by atoms with Gasteiger partial charge >= 0.3 is 5.97 Å². The zero-order valence-electron chi connectivity index (χ0n) is 11.5. The Bertz CT molecular complexity index is 523. The summed E-state index contributed by atoms with van der Waals surface area (Å²) in [6.45, 7) is 0.799. The van der Waals surface area contributed by atoms with E-state index in [4.69, 9.17) is 10.8 Å². The van der Waals surface area contributed by atoms with Crippen molar-refractivity contribution in [3.8, 4) is 0 Å². The molecular weight excluding hydrogens is 254 g/mol. The maximum Gasteiger partial charge on any atom is 0.356 e. The van der Waals surface area contributed by atoms with Crippen LogP contribution in [0, 0.1) is 29.6 Å². The van der Waals surface area contributed by atoms with Crippen molar-refractivity contribution in [1.29, 1.82) is 0 Å². The summed E-state index contributed by atoms with van der Waals surface area (Å²) >= 11 is 0. The molecule has 0 atom stereocenters. The highest BCUT2D eigenvalue weighted by Crippen LogP contribution is 2.56. The SMILES string of the molecule is Nc1cc(C(=O)O)nn1CC1C2CC3CC(C2)CC1C3. The second kappa shape index (κ2) is 4.24. The molecule has 0 aromatic carbocycles. The van der Waals surface area contributed by atoms with Gasteiger partial charge in [0.2, 0.25) is 0 Å². The zero-order valence-corrected chi connectivity index (χ0v) is 11.5. The van der Waals surface area contributed by atoms with Gasteiger partial charge in [-0.1, -0.05) is 0 Å². The minimum absolute atomic E-state index is 0.0614. The van der Waals surface area contributed by atoms with E-state index < -0.39 is 5.97 Å². The standard InChI is InChI=1S/C15H21N3O2/c16-14-6-13(15(19)20)17-18(14)7-12-10-2-8-1-9(4-10)5-11(12)3-8/h6,8-12H,1-5,7,16H2,(H,19,20). The van der Waals surface area contributed by atoms with Crippen LogP contribution in [0.25, 0.3) is 0 Å². The maximum atomic E-state index is 11.0. The number of anilines is 1. The van der Waals surface area contributed by atoms with Gasteiger partial charge in [-0.25, -0.2) is 9.48 Å². The highest BCUT2D eigenvalue weighted by Gasteiger charge is 2.48. The molecule has 20 heavy (non-hydrogen) atoms. The Kier molecular flexibility index (Phi) is 2.59. The number of hydrogen-bond donors (Lipinski definition) is 2. The summed E-state index contributed by atoms with van der Waals surface area (Å²) in [5.41, 5.74) is 5.98. The van der Waals surface area contributed by atoms with Crippen LogP contribution in [0.4, 0.5) is 5.82 Å². The lowest BCUT2D eigenvalue weighted by Crippen LogP contribution is -2.46. The second-order valence-electron chi connectivity index (χ2n) is 7.04. The Morgan fingerprint density at radius 3 is 2.35 bits per heavy atom. The summed E-state index contributed by atoms with van der Waals surface area (Å²) in [5, 5.41) is 13.2. The number of carboxylic acids is 1. The van der Waals surface area contributed by atoms with Crippen molar-refractivity contribution in [2.45, 2.75) is 38.6 Å². The molecule has 5 heteroatoms.